The number of nitrogen functional groups attached to an aromatic ring is 1. The van der Waals surface area contributed by atoms with Crippen molar-refractivity contribution in [3.63, 3.8) is 0 Å². The predicted molar refractivity (Wildman–Crippen MR) is 87.3 cm³/mol. The molecule has 0 saturated heterocycles. The first-order valence-corrected chi connectivity index (χ1v) is 7.48. The molecule has 0 fully saturated rings. The topological polar surface area (TPSA) is 46.3 Å². The fraction of sp³-hybridized carbons (Fsp3) is 0.188. The summed E-state index contributed by atoms with van der Waals surface area (Å²) in [5.74, 6) is -0.165. The number of hydrogen-bond acceptors (Lipinski definition) is 2. The first-order chi connectivity index (χ1) is 10.1. The smallest absolute Gasteiger partial charge is 0.259 e. The molecular weight excluding hydrogens is 307 g/mol. The third-order valence-electron chi connectivity index (χ3n) is 3.64. The van der Waals surface area contributed by atoms with Crippen molar-refractivity contribution in [2.24, 2.45) is 0 Å². The number of aryl methyl sites for hydroxylation is 1. The highest BCUT2D eigenvalue weighted by Gasteiger charge is 2.25. The Morgan fingerprint density at radius 2 is 1.95 bits per heavy atom. The summed E-state index contributed by atoms with van der Waals surface area (Å²) >= 11 is 12.2. The van der Waals surface area contributed by atoms with Gasteiger partial charge >= 0.3 is 0 Å². The molecule has 2 aromatic rings. The lowest BCUT2D eigenvalue weighted by atomic mass is 10.0. The molecule has 0 bridgehead atoms. The Morgan fingerprint density at radius 1 is 1.19 bits per heavy atom. The van der Waals surface area contributed by atoms with Gasteiger partial charge in [0.2, 0.25) is 0 Å². The van der Waals surface area contributed by atoms with E-state index in [4.69, 9.17) is 28.9 Å². The Hall–Kier alpha value is -1.71. The summed E-state index contributed by atoms with van der Waals surface area (Å²) in [6, 6.07) is 11.0. The van der Waals surface area contributed by atoms with Gasteiger partial charge in [0.15, 0.2) is 0 Å². The lowest BCUT2D eigenvalue weighted by Crippen LogP contribution is -2.35. The zero-order valence-electron chi connectivity index (χ0n) is 11.3. The van der Waals surface area contributed by atoms with Gasteiger partial charge in [-0.15, -0.1) is 0 Å². The number of fused-ring (bicyclic) bond motifs is 1. The standard InChI is InChI=1S/C16H14Cl2N2O/c17-13-9-11(19)8-12(15(13)18)16(21)20-7-3-5-10-4-1-2-6-14(10)20/h1-2,4,6,8-9H,3,5,7,19H2. The number of amides is 1. The molecule has 0 radical (unpaired) electrons. The maximum atomic E-state index is 12.8. The number of halogens is 2. The molecule has 2 aromatic carbocycles. The number of para-hydroxylation sites is 1. The maximum absolute atomic E-state index is 12.8. The van der Waals surface area contributed by atoms with Crippen LogP contribution in [0.2, 0.25) is 10.0 Å². The molecule has 2 N–H and O–H groups in total. The normalized spacial score (nSPS) is 13.9. The Bertz CT molecular complexity index is 715. The quantitative estimate of drug-likeness (QED) is 0.801. The lowest BCUT2D eigenvalue weighted by Gasteiger charge is -2.29. The van der Waals surface area contributed by atoms with E-state index in [1.165, 1.54) is 5.56 Å². The number of carbonyl (C=O) groups is 1. The van der Waals surface area contributed by atoms with E-state index in [2.05, 4.69) is 0 Å². The largest absolute Gasteiger partial charge is 0.399 e. The molecule has 21 heavy (non-hydrogen) atoms. The number of nitrogens with two attached hydrogens (primary N) is 1. The minimum atomic E-state index is -0.165. The molecule has 1 aliphatic heterocycles. The van der Waals surface area contributed by atoms with Gasteiger partial charge in [0.1, 0.15) is 0 Å². The molecule has 3 nitrogen and oxygen atoms in total. The van der Waals surface area contributed by atoms with Crippen LogP contribution in [-0.4, -0.2) is 12.5 Å². The van der Waals surface area contributed by atoms with E-state index < -0.39 is 0 Å². The molecule has 3 rings (SSSR count). The van der Waals surface area contributed by atoms with E-state index in [0.717, 1.165) is 18.5 Å². The van der Waals surface area contributed by atoms with Gasteiger partial charge in [-0.2, -0.15) is 0 Å². The summed E-state index contributed by atoms with van der Waals surface area (Å²) in [7, 11) is 0. The van der Waals surface area contributed by atoms with Gasteiger partial charge < -0.3 is 10.6 Å². The number of benzene rings is 2. The van der Waals surface area contributed by atoms with Crippen LogP contribution in [0.3, 0.4) is 0 Å². The van der Waals surface area contributed by atoms with Crippen molar-refractivity contribution < 1.29 is 4.79 Å². The van der Waals surface area contributed by atoms with E-state index in [1.807, 2.05) is 24.3 Å². The minimum Gasteiger partial charge on any atom is -0.399 e. The average molecular weight is 321 g/mol. The van der Waals surface area contributed by atoms with Crippen LogP contribution in [0.5, 0.6) is 0 Å². The van der Waals surface area contributed by atoms with Crippen molar-refractivity contribution in [1.29, 1.82) is 0 Å². The van der Waals surface area contributed by atoms with E-state index in [0.29, 0.717) is 22.8 Å². The number of carbonyl (C=O) groups excluding carboxylic acids is 1. The van der Waals surface area contributed by atoms with Gasteiger partial charge in [0.05, 0.1) is 15.6 Å². The number of hydrogen-bond donors (Lipinski definition) is 1. The second-order valence-corrected chi connectivity index (χ2v) is 5.84. The van der Waals surface area contributed by atoms with Crippen LogP contribution in [0.15, 0.2) is 36.4 Å². The summed E-state index contributed by atoms with van der Waals surface area (Å²) < 4.78 is 0. The van der Waals surface area contributed by atoms with Gasteiger partial charge in [-0.1, -0.05) is 41.4 Å². The summed E-state index contributed by atoms with van der Waals surface area (Å²) in [6.45, 7) is 0.665. The van der Waals surface area contributed by atoms with Gasteiger partial charge in [-0.25, -0.2) is 0 Å². The van der Waals surface area contributed by atoms with Crippen molar-refractivity contribution in [2.45, 2.75) is 12.8 Å². The molecule has 108 valence electrons. The SMILES string of the molecule is Nc1cc(Cl)c(Cl)c(C(=O)N2CCCc3ccccc32)c1. The summed E-state index contributed by atoms with van der Waals surface area (Å²) in [5.41, 5.74) is 8.65. The molecule has 0 aliphatic carbocycles. The molecule has 0 atom stereocenters. The van der Waals surface area contributed by atoms with E-state index >= 15 is 0 Å². The highest BCUT2D eigenvalue weighted by Crippen LogP contribution is 2.33. The lowest BCUT2D eigenvalue weighted by molar-refractivity contribution is 0.0985. The Morgan fingerprint density at radius 3 is 2.76 bits per heavy atom. The van der Waals surface area contributed by atoms with E-state index in [1.54, 1.807) is 17.0 Å². The van der Waals surface area contributed by atoms with Crippen LogP contribution in [0.1, 0.15) is 22.3 Å². The van der Waals surface area contributed by atoms with E-state index in [-0.39, 0.29) is 10.9 Å². The Labute approximate surface area is 133 Å². The maximum Gasteiger partial charge on any atom is 0.259 e. The van der Waals surface area contributed by atoms with Crippen molar-refractivity contribution >= 4 is 40.5 Å². The number of anilines is 2. The van der Waals surface area contributed by atoms with Crippen LogP contribution in [0.4, 0.5) is 11.4 Å². The predicted octanol–water partition coefficient (Wildman–Crippen LogP) is 4.17. The van der Waals surface area contributed by atoms with Gasteiger partial charge in [-0.3, -0.25) is 4.79 Å². The second kappa shape index (κ2) is 5.58. The molecule has 0 unspecified atom stereocenters. The van der Waals surface area contributed by atoms with Gasteiger partial charge in [-0.05, 0) is 36.6 Å². The molecule has 0 spiro atoms. The number of nitrogens with zero attached hydrogens (tertiary/aromatic N) is 1. The minimum absolute atomic E-state index is 0.165. The zero-order valence-corrected chi connectivity index (χ0v) is 12.8. The zero-order chi connectivity index (χ0) is 15.0. The van der Waals surface area contributed by atoms with Crippen molar-refractivity contribution in [1.82, 2.24) is 0 Å². The Kier molecular flexibility index (Phi) is 3.79. The second-order valence-electron chi connectivity index (χ2n) is 5.05. The summed E-state index contributed by atoms with van der Waals surface area (Å²) in [5, 5.41) is 0.546. The van der Waals surface area contributed by atoms with Crippen LogP contribution < -0.4 is 10.6 Å². The third kappa shape index (κ3) is 2.59. The molecule has 5 heteroatoms. The van der Waals surface area contributed by atoms with Crippen LogP contribution in [0, 0.1) is 0 Å². The number of rotatable bonds is 1. The van der Waals surface area contributed by atoms with Crippen molar-refractivity contribution in [2.75, 3.05) is 17.2 Å². The average Bonchev–Trinajstić information content (AvgIpc) is 2.49. The molecule has 1 amide bonds. The van der Waals surface area contributed by atoms with Crippen LogP contribution in [-0.2, 0) is 6.42 Å². The fourth-order valence-electron chi connectivity index (χ4n) is 2.66. The van der Waals surface area contributed by atoms with Crippen molar-refractivity contribution in [3.05, 3.63) is 57.6 Å². The summed E-state index contributed by atoms with van der Waals surface area (Å²) in [6.07, 6.45) is 1.90. The monoisotopic (exact) mass is 320 g/mol. The molecular formula is C16H14Cl2N2O. The molecule has 0 saturated carbocycles. The van der Waals surface area contributed by atoms with Gasteiger partial charge in [0, 0.05) is 17.9 Å². The molecule has 0 aromatic heterocycles. The van der Waals surface area contributed by atoms with Gasteiger partial charge in [0.25, 0.3) is 5.91 Å². The summed E-state index contributed by atoms with van der Waals surface area (Å²) in [4.78, 5) is 14.6. The van der Waals surface area contributed by atoms with E-state index in [9.17, 15) is 4.79 Å². The Balaban J connectivity index is 2.05. The molecule has 1 aliphatic rings. The first-order valence-electron chi connectivity index (χ1n) is 6.72. The highest BCUT2D eigenvalue weighted by molar-refractivity contribution is 6.44. The van der Waals surface area contributed by atoms with Crippen LogP contribution in [0.25, 0.3) is 0 Å². The highest BCUT2D eigenvalue weighted by atomic mass is 35.5. The molecule has 1 heterocycles. The van der Waals surface area contributed by atoms with Crippen LogP contribution >= 0.6 is 23.2 Å². The van der Waals surface area contributed by atoms with Crippen molar-refractivity contribution in [3.8, 4) is 0 Å². The first kappa shape index (κ1) is 14.2. The fourth-order valence-corrected chi connectivity index (χ4v) is 3.07. The third-order valence-corrected chi connectivity index (χ3v) is 4.44.